The zero-order valence-electron chi connectivity index (χ0n) is 8.06. The van der Waals surface area contributed by atoms with E-state index >= 15 is 0 Å². The summed E-state index contributed by atoms with van der Waals surface area (Å²) in [6.07, 6.45) is 1.50. The molecule has 15 heavy (non-hydrogen) atoms. The van der Waals surface area contributed by atoms with Gasteiger partial charge >= 0.3 is 5.97 Å². The van der Waals surface area contributed by atoms with E-state index in [4.69, 9.17) is 10.3 Å². The summed E-state index contributed by atoms with van der Waals surface area (Å²) < 4.78 is 0. The van der Waals surface area contributed by atoms with Crippen molar-refractivity contribution in [1.29, 1.82) is 0 Å². The van der Waals surface area contributed by atoms with Crippen LogP contribution >= 0.6 is 0 Å². The summed E-state index contributed by atoms with van der Waals surface area (Å²) in [7, 11) is 0. The van der Waals surface area contributed by atoms with Crippen LogP contribution in [-0.2, 0) is 0 Å². The number of rotatable bonds is 4. The van der Waals surface area contributed by atoms with Crippen LogP contribution in [0, 0.1) is 0 Å². The van der Waals surface area contributed by atoms with Crippen LogP contribution in [0.25, 0.3) is 0 Å². The Morgan fingerprint density at radius 2 is 2.27 bits per heavy atom. The lowest BCUT2D eigenvalue weighted by atomic mass is 10.1. The van der Waals surface area contributed by atoms with Gasteiger partial charge in [-0.05, 0) is 25.1 Å². The summed E-state index contributed by atoms with van der Waals surface area (Å²) in [4.78, 5) is 10.9. The highest BCUT2D eigenvalue weighted by Crippen LogP contribution is 2.20. The van der Waals surface area contributed by atoms with Crippen LogP contribution in [0.4, 0.5) is 11.4 Å². The van der Waals surface area contributed by atoms with Crippen LogP contribution in [0.3, 0.4) is 0 Å². The SMILES string of the molecule is C/C=N/Nc1ccc(NO)cc1C(=O)O. The summed E-state index contributed by atoms with van der Waals surface area (Å²) in [5, 5.41) is 21.2. The molecule has 0 saturated carbocycles. The molecule has 6 nitrogen and oxygen atoms in total. The Morgan fingerprint density at radius 3 is 2.80 bits per heavy atom. The minimum atomic E-state index is -1.10. The third-order valence-corrected chi connectivity index (χ3v) is 1.69. The van der Waals surface area contributed by atoms with E-state index in [1.54, 1.807) is 6.92 Å². The number of nitrogens with zero attached hydrogens (tertiary/aromatic N) is 1. The number of anilines is 2. The highest BCUT2D eigenvalue weighted by atomic mass is 16.5. The average molecular weight is 209 g/mol. The fourth-order valence-corrected chi connectivity index (χ4v) is 1.02. The molecule has 0 atom stereocenters. The van der Waals surface area contributed by atoms with Gasteiger partial charge in [0.25, 0.3) is 0 Å². The zero-order valence-corrected chi connectivity index (χ0v) is 8.06. The normalized spacial score (nSPS) is 10.3. The number of benzene rings is 1. The first kappa shape index (κ1) is 11.0. The van der Waals surface area contributed by atoms with Crippen LogP contribution in [0.5, 0.6) is 0 Å². The molecule has 0 unspecified atom stereocenters. The van der Waals surface area contributed by atoms with Crippen LogP contribution in [0.2, 0.25) is 0 Å². The molecule has 1 aromatic rings. The second-order valence-electron chi connectivity index (χ2n) is 2.68. The van der Waals surface area contributed by atoms with Gasteiger partial charge in [0.15, 0.2) is 0 Å². The topological polar surface area (TPSA) is 94.0 Å². The molecule has 6 heteroatoms. The van der Waals surface area contributed by atoms with E-state index in [0.717, 1.165) is 0 Å². The summed E-state index contributed by atoms with van der Waals surface area (Å²) in [6, 6.07) is 4.34. The number of hydrazone groups is 1. The molecule has 0 amide bonds. The molecule has 0 heterocycles. The molecule has 0 fully saturated rings. The van der Waals surface area contributed by atoms with Gasteiger partial charge in [-0.3, -0.25) is 16.1 Å². The third kappa shape index (κ3) is 2.68. The maximum Gasteiger partial charge on any atom is 0.337 e. The maximum atomic E-state index is 10.9. The van der Waals surface area contributed by atoms with E-state index in [-0.39, 0.29) is 5.56 Å². The lowest BCUT2D eigenvalue weighted by Gasteiger charge is -2.06. The van der Waals surface area contributed by atoms with Gasteiger partial charge in [-0.1, -0.05) is 0 Å². The molecule has 4 N–H and O–H groups in total. The summed E-state index contributed by atoms with van der Waals surface area (Å²) in [6.45, 7) is 1.71. The van der Waals surface area contributed by atoms with E-state index in [1.165, 1.54) is 24.4 Å². The van der Waals surface area contributed by atoms with Crippen LogP contribution in [-0.4, -0.2) is 22.5 Å². The second-order valence-corrected chi connectivity index (χ2v) is 2.68. The quantitative estimate of drug-likeness (QED) is 0.446. The number of carbonyl (C=O) groups is 1. The lowest BCUT2D eigenvalue weighted by Crippen LogP contribution is -2.03. The van der Waals surface area contributed by atoms with Gasteiger partial charge < -0.3 is 5.11 Å². The van der Waals surface area contributed by atoms with E-state index in [9.17, 15) is 4.79 Å². The monoisotopic (exact) mass is 209 g/mol. The van der Waals surface area contributed by atoms with Gasteiger partial charge in [0.05, 0.1) is 16.9 Å². The standard InChI is InChI=1S/C9H11N3O3/c1-2-10-11-8-4-3-6(12-15)5-7(8)9(13)14/h2-5,11-12,15H,1H3,(H,13,14)/b10-2+. The molecule has 1 rings (SSSR count). The van der Waals surface area contributed by atoms with Crippen molar-refractivity contribution in [3.63, 3.8) is 0 Å². The van der Waals surface area contributed by atoms with E-state index in [0.29, 0.717) is 11.4 Å². The van der Waals surface area contributed by atoms with E-state index in [2.05, 4.69) is 10.5 Å². The molecule has 0 aliphatic rings. The molecule has 0 radical (unpaired) electrons. The number of hydrogen-bond donors (Lipinski definition) is 4. The van der Waals surface area contributed by atoms with Crippen molar-refractivity contribution in [1.82, 2.24) is 0 Å². The van der Waals surface area contributed by atoms with Crippen molar-refractivity contribution >= 4 is 23.6 Å². The minimum Gasteiger partial charge on any atom is -0.478 e. The van der Waals surface area contributed by atoms with Gasteiger partial charge in [0.2, 0.25) is 0 Å². The van der Waals surface area contributed by atoms with Gasteiger partial charge in [-0.2, -0.15) is 5.10 Å². The Labute approximate surface area is 86.2 Å². The molecular formula is C9H11N3O3. The van der Waals surface area contributed by atoms with Crippen molar-refractivity contribution in [2.75, 3.05) is 10.9 Å². The van der Waals surface area contributed by atoms with Gasteiger partial charge in [-0.15, -0.1) is 0 Å². The number of nitrogens with one attached hydrogen (secondary N) is 2. The van der Waals surface area contributed by atoms with E-state index < -0.39 is 5.97 Å². The molecule has 1 aromatic carbocycles. The summed E-state index contributed by atoms with van der Waals surface area (Å²) >= 11 is 0. The highest BCUT2D eigenvalue weighted by molar-refractivity contribution is 5.95. The molecule has 80 valence electrons. The van der Waals surface area contributed by atoms with E-state index in [1.807, 2.05) is 5.48 Å². The molecule has 0 bridgehead atoms. The first-order chi connectivity index (χ1) is 7.19. The molecule has 0 aliphatic carbocycles. The molecular weight excluding hydrogens is 198 g/mol. The largest absolute Gasteiger partial charge is 0.478 e. The van der Waals surface area contributed by atoms with Crippen molar-refractivity contribution in [2.24, 2.45) is 5.10 Å². The van der Waals surface area contributed by atoms with Gasteiger partial charge in [0.1, 0.15) is 0 Å². The second kappa shape index (κ2) is 4.97. The minimum absolute atomic E-state index is 0.0275. The maximum absolute atomic E-state index is 10.9. The first-order valence-electron chi connectivity index (χ1n) is 4.20. The van der Waals surface area contributed by atoms with Crippen LogP contribution in [0.1, 0.15) is 17.3 Å². The summed E-state index contributed by atoms with van der Waals surface area (Å²) in [5.41, 5.74) is 5.14. The predicted molar refractivity (Wildman–Crippen MR) is 56.6 cm³/mol. The molecule has 0 aliphatic heterocycles. The molecule has 0 aromatic heterocycles. The van der Waals surface area contributed by atoms with Crippen molar-refractivity contribution in [3.05, 3.63) is 23.8 Å². The van der Waals surface area contributed by atoms with Crippen LogP contribution < -0.4 is 10.9 Å². The molecule has 0 spiro atoms. The van der Waals surface area contributed by atoms with Crippen LogP contribution in [0.15, 0.2) is 23.3 Å². The molecule has 0 saturated heterocycles. The summed E-state index contributed by atoms with van der Waals surface area (Å²) in [5.74, 6) is -1.10. The fourth-order valence-electron chi connectivity index (χ4n) is 1.02. The number of carboxylic acid groups (broad SMARTS) is 1. The Hall–Kier alpha value is -2.08. The van der Waals surface area contributed by atoms with Crippen molar-refractivity contribution in [3.8, 4) is 0 Å². The Kier molecular flexibility index (Phi) is 3.64. The smallest absolute Gasteiger partial charge is 0.337 e. The lowest BCUT2D eigenvalue weighted by molar-refractivity contribution is 0.0698. The first-order valence-corrected chi connectivity index (χ1v) is 4.20. The fraction of sp³-hybridized carbons (Fsp3) is 0.111. The van der Waals surface area contributed by atoms with Crippen molar-refractivity contribution < 1.29 is 15.1 Å². The third-order valence-electron chi connectivity index (χ3n) is 1.69. The zero-order chi connectivity index (χ0) is 11.3. The van der Waals surface area contributed by atoms with Gasteiger partial charge in [-0.25, -0.2) is 4.79 Å². The number of carboxylic acids is 1. The predicted octanol–water partition coefficient (Wildman–Crippen LogP) is 1.60. The Bertz CT molecular complexity index is 390. The Balaban J connectivity index is 3.09. The Morgan fingerprint density at radius 1 is 1.53 bits per heavy atom. The van der Waals surface area contributed by atoms with Gasteiger partial charge in [0, 0.05) is 6.21 Å². The van der Waals surface area contributed by atoms with Crippen molar-refractivity contribution in [2.45, 2.75) is 6.92 Å². The number of hydrogen-bond acceptors (Lipinski definition) is 5. The highest BCUT2D eigenvalue weighted by Gasteiger charge is 2.10. The average Bonchev–Trinajstić information content (AvgIpc) is 2.26. The number of aromatic carboxylic acids is 1.